The Kier molecular flexibility index (Phi) is 2.03. The average molecular weight is 199 g/mol. The number of rotatable bonds is 0. The number of anilines is 2. The van der Waals surface area contributed by atoms with Gasteiger partial charge in [0.2, 0.25) is 0 Å². The Balaban J connectivity index is 2.93. The van der Waals surface area contributed by atoms with Crippen molar-refractivity contribution in [3.63, 3.8) is 0 Å². The highest BCUT2D eigenvalue weighted by molar-refractivity contribution is 6.46. The van der Waals surface area contributed by atoms with Crippen LogP contribution in [0.4, 0.5) is 11.5 Å². The van der Waals surface area contributed by atoms with Gasteiger partial charge in [-0.1, -0.05) is 0 Å². The second kappa shape index (κ2) is 3.12. The minimum atomic E-state index is 0.415. The molecular formula is C8H11B2N5. The largest absolute Gasteiger partial charge is 0.398 e. The van der Waals surface area contributed by atoms with Gasteiger partial charge in [0.1, 0.15) is 19.2 Å². The first-order valence-corrected chi connectivity index (χ1v) is 4.67. The lowest BCUT2D eigenvalue weighted by atomic mass is 9.88. The first kappa shape index (κ1) is 9.76. The third kappa shape index (κ3) is 1.40. The molecule has 7 heteroatoms. The second-order valence-corrected chi connectivity index (χ2v) is 3.60. The van der Waals surface area contributed by atoms with Gasteiger partial charge in [-0.2, -0.15) is 0 Å². The van der Waals surface area contributed by atoms with Crippen molar-refractivity contribution in [2.75, 3.05) is 11.5 Å². The number of nitrogens with zero attached hydrogens (tertiary/aromatic N) is 3. The molecule has 2 rings (SSSR count). The number of hydrogen-bond acceptors (Lipinski definition) is 5. The Hall–Kier alpha value is -1.78. The van der Waals surface area contributed by atoms with E-state index < -0.39 is 0 Å². The first-order valence-electron chi connectivity index (χ1n) is 4.67. The maximum Gasteiger partial charge on any atom is 0.179 e. The summed E-state index contributed by atoms with van der Waals surface area (Å²) in [5, 5.41) is 0. The maximum atomic E-state index is 5.87. The third-order valence-electron chi connectivity index (χ3n) is 2.51. The summed E-state index contributed by atoms with van der Waals surface area (Å²) in [6, 6.07) is 0. The van der Waals surface area contributed by atoms with E-state index in [1.165, 1.54) is 0 Å². The van der Waals surface area contributed by atoms with Gasteiger partial charge in [-0.3, -0.25) is 0 Å². The van der Waals surface area contributed by atoms with E-state index in [9.17, 15) is 0 Å². The van der Waals surface area contributed by atoms with Crippen LogP contribution < -0.4 is 22.5 Å². The molecule has 0 bridgehead atoms. The summed E-state index contributed by atoms with van der Waals surface area (Å²) < 4.78 is 0. The molecule has 2 aromatic heterocycles. The monoisotopic (exact) mass is 199 g/mol. The van der Waals surface area contributed by atoms with Crippen molar-refractivity contribution in [1.82, 2.24) is 15.0 Å². The summed E-state index contributed by atoms with van der Waals surface area (Å²) in [4.78, 5) is 12.8. The quantitative estimate of drug-likeness (QED) is 0.441. The Morgan fingerprint density at radius 2 is 1.73 bits per heavy atom. The van der Waals surface area contributed by atoms with Gasteiger partial charge in [0.15, 0.2) is 13.5 Å². The molecule has 74 valence electrons. The summed E-state index contributed by atoms with van der Waals surface area (Å²) in [5.41, 5.74) is 15.9. The van der Waals surface area contributed by atoms with Crippen LogP contribution in [-0.2, 0) is 0 Å². The molecule has 0 aromatic carbocycles. The Labute approximate surface area is 89.1 Å². The van der Waals surface area contributed by atoms with E-state index in [0.717, 1.165) is 16.6 Å². The number of nitrogens with two attached hydrogens (primary N) is 2. The van der Waals surface area contributed by atoms with Gasteiger partial charge in [0.05, 0.1) is 5.69 Å². The normalized spacial score (nSPS) is 10.7. The molecule has 0 spiro atoms. The topological polar surface area (TPSA) is 90.7 Å². The van der Waals surface area contributed by atoms with Crippen LogP contribution in [0.25, 0.3) is 11.2 Å². The molecule has 0 fully saturated rings. The number of nitrogen functional groups attached to an aromatic ring is 2. The van der Waals surface area contributed by atoms with E-state index in [1.54, 1.807) is 0 Å². The minimum absolute atomic E-state index is 0.415. The molecular weight excluding hydrogens is 188 g/mol. The summed E-state index contributed by atoms with van der Waals surface area (Å²) in [5.74, 6) is 0.415. The highest BCUT2D eigenvalue weighted by Gasteiger charge is 2.10. The number of fused-ring (bicyclic) bond motifs is 1. The van der Waals surface area contributed by atoms with Gasteiger partial charge < -0.3 is 11.5 Å². The van der Waals surface area contributed by atoms with E-state index in [2.05, 4.69) is 15.0 Å². The minimum Gasteiger partial charge on any atom is -0.398 e. The van der Waals surface area contributed by atoms with Gasteiger partial charge in [-0.05, 0) is 12.4 Å². The fourth-order valence-electron chi connectivity index (χ4n) is 1.47. The standard InChI is InChI=1S/C8H11B2N5/c1-2-7(12)15-8-5(13-2)3(9)4(11)6(10)14-8/h9-11H2,1H3,(H2,12,14,15). The van der Waals surface area contributed by atoms with E-state index in [4.69, 9.17) is 11.5 Å². The summed E-state index contributed by atoms with van der Waals surface area (Å²) in [7, 11) is 3.76. The molecule has 0 aliphatic carbocycles. The zero-order valence-electron chi connectivity index (χ0n) is 9.00. The molecule has 0 amide bonds. The molecule has 0 aliphatic heterocycles. The van der Waals surface area contributed by atoms with Gasteiger partial charge in [0.25, 0.3) is 0 Å². The predicted octanol–water partition coefficient (Wildman–Crippen LogP) is -2.99. The van der Waals surface area contributed by atoms with Crippen LogP contribution in [0.15, 0.2) is 0 Å². The van der Waals surface area contributed by atoms with Crippen molar-refractivity contribution in [2.24, 2.45) is 0 Å². The Bertz CT molecular complexity index is 549. The molecule has 0 aliphatic rings. The summed E-state index contributed by atoms with van der Waals surface area (Å²) >= 11 is 0. The Morgan fingerprint density at radius 3 is 2.40 bits per heavy atom. The third-order valence-corrected chi connectivity index (χ3v) is 2.51. The Morgan fingerprint density at radius 1 is 1.07 bits per heavy atom. The molecule has 2 heterocycles. The van der Waals surface area contributed by atoms with Crippen LogP contribution in [0, 0.1) is 6.92 Å². The molecule has 0 atom stereocenters. The fourth-order valence-corrected chi connectivity index (χ4v) is 1.47. The fraction of sp³-hybridized carbons (Fsp3) is 0.125. The van der Waals surface area contributed by atoms with Crippen molar-refractivity contribution in [3.8, 4) is 0 Å². The predicted molar refractivity (Wildman–Crippen MR) is 67.3 cm³/mol. The van der Waals surface area contributed by atoms with Crippen LogP contribution >= 0.6 is 0 Å². The number of aryl methyl sites for hydroxylation is 1. The van der Waals surface area contributed by atoms with Crippen LogP contribution in [0.1, 0.15) is 5.69 Å². The average Bonchev–Trinajstić information content (AvgIpc) is 2.19. The lowest BCUT2D eigenvalue weighted by Crippen LogP contribution is -2.26. The van der Waals surface area contributed by atoms with Gasteiger partial charge in [-0.15, -0.1) is 0 Å². The zero-order valence-corrected chi connectivity index (χ0v) is 9.00. The van der Waals surface area contributed by atoms with Crippen LogP contribution in [0.3, 0.4) is 0 Å². The molecule has 0 radical (unpaired) electrons. The van der Waals surface area contributed by atoms with E-state index in [1.807, 2.05) is 22.6 Å². The summed E-state index contributed by atoms with van der Waals surface area (Å²) in [6.45, 7) is 1.82. The highest BCUT2D eigenvalue weighted by Crippen LogP contribution is 2.10. The number of hydrogen-bond donors (Lipinski definition) is 2. The van der Waals surface area contributed by atoms with Crippen molar-refractivity contribution in [3.05, 3.63) is 5.69 Å². The molecule has 0 saturated heterocycles. The van der Waals surface area contributed by atoms with Gasteiger partial charge >= 0.3 is 0 Å². The molecule has 4 N–H and O–H groups in total. The van der Waals surface area contributed by atoms with Crippen LogP contribution in [0.2, 0.25) is 0 Å². The van der Waals surface area contributed by atoms with E-state index >= 15 is 0 Å². The maximum absolute atomic E-state index is 5.87. The van der Waals surface area contributed by atoms with Crippen molar-refractivity contribution >= 4 is 49.4 Å². The lowest BCUT2D eigenvalue weighted by molar-refractivity contribution is 1.18. The highest BCUT2D eigenvalue weighted by atomic mass is 15.0. The van der Waals surface area contributed by atoms with E-state index in [0.29, 0.717) is 22.8 Å². The second-order valence-electron chi connectivity index (χ2n) is 3.60. The molecule has 2 aromatic rings. The van der Waals surface area contributed by atoms with Crippen molar-refractivity contribution < 1.29 is 0 Å². The first-order chi connectivity index (χ1) is 7.00. The van der Waals surface area contributed by atoms with Crippen LogP contribution in [0.5, 0.6) is 0 Å². The van der Waals surface area contributed by atoms with Gasteiger partial charge in [0, 0.05) is 11.3 Å². The molecule has 0 unspecified atom stereocenters. The lowest BCUT2D eigenvalue weighted by Gasteiger charge is -2.08. The van der Waals surface area contributed by atoms with E-state index in [-0.39, 0.29) is 0 Å². The van der Waals surface area contributed by atoms with Crippen molar-refractivity contribution in [1.29, 1.82) is 0 Å². The van der Waals surface area contributed by atoms with Crippen molar-refractivity contribution in [2.45, 2.75) is 6.92 Å². The zero-order chi connectivity index (χ0) is 11.2. The molecule has 15 heavy (non-hydrogen) atoms. The number of aromatic nitrogens is 3. The molecule has 0 saturated carbocycles. The van der Waals surface area contributed by atoms with Gasteiger partial charge in [-0.25, -0.2) is 15.0 Å². The molecule has 5 nitrogen and oxygen atoms in total. The van der Waals surface area contributed by atoms with Crippen LogP contribution in [-0.4, -0.2) is 30.6 Å². The SMILES string of the molecule is Bc1nc2nc(N)c(C)nc2c(B)c1N. The number of pyridine rings is 1. The summed E-state index contributed by atoms with van der Waals surface area (Å²) in [6.07, 6.45) is 0. The smallest absolute Gasteiger partial charge is 0.179 e.